The molecule has 5 heteroatoms. The third-order valence-electron chi connectivity index (χ3n) is 2.83. The fourth-order valence-corrected chi connectivity index (χ4v) is 2.06. The first-order chi connectivity index (χ1) is 9.70. The first kappa shape index (κ1) is 14.5. The minimum absolute atomic E-state index is 0.174. The van der Waals surface area contributed by atoms with Crippen molar-refractivity contribution < 1.29 is 9.53 Å². The Balaban J connectivity index is 1.89. The number of hydrogen-bond acceptors (Lipinski definition) is 3. The zero-order valence-corrected chi connectivity index (χ0v) is 12.7. The molecule has 2 rings (SSSR count). The lowest BCUT2D eigenvalue weighted by Gasteiger charge is -2.08. The third-order valence-corrected chi connectivity index (χ3v) is 3.30. The Bertz CT molecular complexity index is 585. The van der Waals surface area contributed by atoms with Gasteiger partial charge in [0, 0.05) is 17.2 Å². The van der Waals surface area contributed by atoms with Gasteiger partial charge in [-0.2, -0.15) is 0 Å². The van der Waals surface area contributed by atoms with Crippen LogP contribution in [0.2, 0.25) is 0 Å². The quantitative estimate of drug-likeness (QED) is 0.914. The molecule has 1 aromatic heterocycles. The average molecular weight is 335 g/mol. The SMILES string of the molecule is COc1ccccc1CCNC(=O)c1ccc(Br)cn1. The van der Waals surface area contributed by atoms with E-state index in [9.17, 15) is 4.79 Å². The summed E-state index contributed by atoms with van der Waals surface area (Å²) in [4.78, 5) is 15.9. The van der Waals surface area contributed by atoms with E-state index in [1.807, 2.05) is 24.3 Å². The number of ether oxygens (including phenoxy) is 1. The number of rotatable bonds is 5. The number of nitrogens with one attached hydrogen (secondary N) is 1. The number of nitrogens with zero attached hydrogens (tertiary/aromatic N) is 1. The van der Waals surface area contributed by atoms with Crippen molar-refractivity contribution in [2.24, 2.45) is 0 Å². The van der Waals surface area contributed by atoms with Gasteiger partial charge in [-0.05, 0) is 46.1 Å². The standard InChI is InChI=1S/C15H15BrN2O2/c1-20-14-5-3-2-4-11(14)8-9-17-15(19)13-7-6-12(16)10-18-13/h2-7,10H,8-9H2,1H3,(H,17,19). The lowest BCUT2D eigenvalue weighted by Crippen LogP contribution is -2.26. The van der Waals surface area contributed by atoms with E-state index in [0.29, 0.717) is 18.7 Å². The van der Waals surface area contributed by atoms with Gasteiger partial charge in [-0.3, -0.25) is 4.79 Å². The molecule has 20 heavy (non-hydrogen) atoms. The molecule has 1 N–H and O–H groups in total. The first-order valence-electron chi connectivity index (χ1n) is 6.22. The van der Waals surface area contributed by atoms with Gasteiger partial charge >= 0.3 is 0 Å². The molecule has 4 nitrogen and oxygen atoms in total. The lowest BCUT2D eigenvalue weighted by atomic mass is 10.1. The molecule has 104 valence electrons. The number of carbonyl (C=O) groups is 1. The Kier molecular flexibility index (Phi) is 5.12. The van der Waals surface area contributed by atoms with Gasteiger partial charge in [0.2, 0.25) is 0 Å². The second kappa shape index (κ2) is 7.05. The van der Waals surface area contributed by atoms with E-state index < -0.39 is 0 Å². The monoisotopic (exact) mass is 334 g/mol. The fourth-order valence-electron chi connectivity index (χ4n) is 1.82. The van der Waals surface area contributed by atoms with Gasteiger partial charge in [-0.15, -0.1) is 0 Å². The topological polar surface area (TPSA) is 51.2 Å². The molecule has 0 bridgehead atoms. The number of aromatic nitrogens is 1. The van der Waals surface area contributed by atoms with Crippen molar-refractivity contribution in [2.45, 2.75) is 6.42 Å². The van der Waals surface area contributed by atoms with E-state index >= 15 is 0 Å². The van der Waals surface area contributed by atoms with Crippen molar-refractivity contribution in [1.29, 1.82) is 0 Å². The van der Waals surface area contributed by atoms with Crippen LogP contribution >= 0.6 is 15.9 Å². The van der Waals surface area contributed by atoms with Crippen LogP contribution in [0, 0.1) is 0 Å². The maximum atomic E-state index is 11.9. The third kappa shape index (κ3) is 3.81. The maximum absolute atomic E-state index is 11.9. The molecule has 0 unspecified atom stereocenters. The van der Waals surface area contributed by atoms with Crippen molar-refractivity contribution in [3.8, 4) is 5.75 Å². The summed E-state index contributed by atoms with van der Waals surface area (Å²) < 4.78 is 6.12. The zero-order chi connectivity index (χ0) is 14.4. The smallest absolute Gasteiger partial charge is 0.269 e. The van der Waals surface area contributed by atoms with E-state index in [0.717, 1.165) is 15.8 Å². The minimum Gasteiger partial charge on any atom is -0.496 e. The first-order valence-corrected chi connectivity index (χ1v) is 7.01. The van der Waals surface area contributed by atoms with Gasteiger partial charge in [-0.1, -0.05) is 18.2 Å². The predicted molar refractivity (Wildman–Crippen MR) is 81.0 cm³/mol. The fraction of sp³-hybridized carbons (Fsp3) is 0.200. The number of amides is 1. The van der Waals surface area contributed by atoms with Crippen LogP contribution in [0.4, 0.5) is 0 Å². The maximum Gasteiger partial charge on any atom is 0.269 e. The van der Waals surface area contributed by atoms with Crippen LogP contribution in [-0.4, -0.2) is 24.5 Å². The molecule has 0 saturated heterocycles. The molecule has 0 saturated carbocycles. The lowest BCUT2D eigenvalue weighted by molar-refractivity contribution is 0.0949. The van der Waals surface area contributed by atoms with E-state index in [4.69, 9.17) is 4.74 Å². The summed E-state index contributed by atoms with van der Waals surface area (Å²) >= 11 is 3.29. The van der Waals surface area contributed by atoms with Crippen LogP contribution in [0.1, 0.15) is 16.1 Å². The van der Waals surface area contributed by atoms with Gasteiger partial charge in [0.05, 0.1) is 7.11 Å². The molecule has 1 amide bonds. The Morgan fingerprint density at radius 3 is 2.80 bits per heavy atom. The van der Waals surface area contributed by atoms with Crippen molar-refractivity contribution in [3.63, 3.8) is 0 Å². The minimum atomic E-state index is -0.174. The number of benzene rings is 1. The predicted octanol–water partition coefficient (Wildman–Crippen LogP) is 2.83. The molecule has 0 aliphatic carbocycles. The van der Waals surface area contributed by atoms with Crippen molar-refractivity contribution in [3.05, 3.63) is 58.3 Å². The number of halogens is 1. The van der Waals surface area contributed by atoms with Crippen molar-refractivity contribution in [1.82, 2.24) is 10.3 Å². The molecule has 1 aromatic carbocycles. The average Bonchev–Trinajstić information content (AvgIpc) is 2.48. The Labute approximate surface area is 126 Å². The Morgan fingerprint density at radius 1 is 1.30 bits per heavy atom. The molecule has 0 radical (unpaired) electrons. The largest absolute Gasteiger partial charge is 0.496 e. The molecular formula is C15H15BrN2O2. The highest BCUT2D eigenvalue weighted by molar-refractivity contribution is 9.10. The number of methoxy groups -OCH3 is 1. The molecule has 0 atom stereocenters. The molecule has 2 aromatic rings. The van der Waals surface area contributed by atoms with Crippen LogP contribution < -0.4 is 10.1 Å². The van der Waals surface area contributed by atoms with E-state index in [2.05, 4.69) is 26.2 Å². The van der Waals surface area contributed by atoms with Crippen molar-refractivity contribution in [2.75, 3.05) is 13.7 Å². The molecular weight excluding hydrogens is 320 g/mol. The van der Waals surface area contributed by atoms with E-state index in [-0.39, 0.29) is 5.91 Å². The molecule has 1 heterocycles. The highest BCUT2D eigenvalue weighted by Crippen LogP contribution is 2.17. The molecule has 0 spiro atoms. The van der Waals surface area contributed by atoms with Crippen LogP contribution in [-0.2, 0) is 6.42 Å². The second-order valence-electron chi connectivity index (χ2n) is 4.18. The summed E-state index contributed by atoms with van der Waals surface area (Å²) in [5, 5.41) is 2.85. The van der Waals surface area contributed by atoms with Gasteiger partial charge in [0.15, 0.2) is 0 Å². The van der Waals surface area contributed by atoms with E-state index in [1.54, 1.807) is 25.4 Å². The summed E-state index contributed by atoms with van der Waals surface area (Å²) in [7, 11) is 1.64. The van der Waals surface area contributed by atoms with Crippen LogP contribution in [0.15, 0.2) is 47.1 Å². The van der Waals surface area contributed by atoms with Gasteiger partial charge in [0.1, 0.15) is 11.4 Å². The van der Waals surface area contributed by atoms with Crippen molar-refractivity contribution >= 4 is 21.8 Å². The van der Waals surface area contributed by atoms with Gasteiger partial charge in [0.25, 0.3) is 5.91 Å². The highest BCUT2D eigenvalue weighted by Gasteiger charge is 2.07. The van der Waals surface area contributed by atoms with Gasteiger partial charge in [-0.25, -0.2) is 4.98 Å². The zero-order valence-electron chi connectivity index (χ0n) is 11.1. The normalized spacial score (nSPS) is 10.1. The van der Waals surface area contributed by atoms with Crippen LogP contribution in [0.5, 0.6) is 5.75 Å². The molecule has 0 aliphatic rings. The number of pyridine rings is 1. The molecule has 0 fully saturated rings. The van der Waals surface area contributed by atoms with Crippen LogP contribution in [0.3, 0.4) is 0 Å². The van der Waals surface area contributed by atoms with Crippen LogP contribution in [0.25, 0.3) is 0 Å². The summed E-state index contributed by atoms with van der Waals surface area (Å²) in [6.07, 6.45) is 2.32. The Morgan fingerprint density at radius 2 is 2.10 bits per heavy atom. The number of carbonyl (C=O) groups excluding carboxylic acids is 1. The summed E-state index contributed by atoms with van der Waals surface area (Å²) in [5.41, 5.74) is 1.48. The molecule has 0 aliphatic heterocycles. The highest BCUT2D eigenvalue weighted by atomic mass is 79.9. The Hall–Kier alpha value is -1.88. The summed E-state index contributed by atoms with van der Waals surface area (Å²) in [6, 6.07) is 11.3. The van der Waals surface area contributed by atoms with E-state index in [1.165, 1.54) is 0 Å². The number of para-hydroxylation sites is 1. The summed E-state index contributed by atoms with van der Waals surface area (Å²) in [5.74, 6) is 0.663. The second-order valence-corrected chi connectivity index (χ2v) is 5.10. The number of hydrogen-bond donors (Lipinski definition) is 1. The summed E-state index contributed by atoms with van der Waals surface area (Å²) in [6.45, 7) is 0.539. The van der Waals surface area contributed by atoms with Gasteiger partial charge < -0.3 is 10.1 Å².